The highest BCUT2D eigenvalue weighted by Crippen LogP contribution is 2.40. The zero-order valence-electron chi connectivity index (χ0n) is 15.7. The molecule has 0 spiro atoms. The van der Waals surface area contributed by atoms with Gasteiger partial charge in [0.2, 0.25) is 5.75 Å². The van der Waals surface area contributed by atoms with Crippen molar-refractivity contribution < 1.29 is 33.3 Å². The lowest BCUT2D eigenvalue weighted by Crippen LogP contribution is -2.35. The van der Waals surface area contributed by atoms with Crippen LogP contribution in [0.3, 0.4) is 0 Å². The summed E-state index contributed by atoms with van der Waals surface area (Å²) in [6.07, 6.45) is 1.20. The molecule has 1 aliphatic heterocycles. The summed E-state index contributed by atoms with van der Waals surface area (Å²) < 4.78 is 20.8. The minimum atomic E-state index is -0.638. The highest BCUT2D eigenvalue weighted by atomic mass is 32.2. The summed E-state index contributed by atoms with van der Waals surface area (Å²) >= 11 is 0.752. The van der Waals surface area contributed by atoms with E-state index in [1.807, 2.05) is 0 Å². The Morgan fingerprint density at radius 1 is 1.11 bits per heavy atom. The van der Waals surface area contributed by atoms with Gasteiger partial charge in [0.25, 0.3) is 11.1 Å². The molecule has 9 heteroatoms. The molecule has 0 aliphatic carbocycles. The second kappa shape index (κ2) is 8.81. The molecule has 27 heavy (non-hydrogen) atoms. The molecule has 146 valence electrons. The number of rotatable bonds is 7. The number of hydrogen-bond donors (Lipinski definition) is 0. The number of methoxy groups -OCH3 is 3. The molecule has 2 rings (SSSR count). The fourth-order valence-corrected chi connectivity index (χ4v) is 3.24. The number of amides is 2. The molecule has 1 heterocycles. The van der Waals surface area contributed by atoms with Crippen LogP contribution in [0, 0.1) is 0 Å². The third-order valence-electron chi connectivity index (χ3n) is 3.51. The van der Waals surface area contributed by atoms with Crippen LogP contribution in [-0.2, 0) is 14.3 Å². The predicted molar refractivity (Wildman–Crippen MR) is 100 cm³/mol. The third kappa shape index (κ3) is 4.73. The fraction of sp³-hybridized carbons (Fsp3) is 0.389. The first kappa shape index (κ1) is 20.6. The highest BCUT2D eigenvalue weighted by molar-refractivity contribution is 8.18. The number of esters is 1. The van der Waals surface area contributed by atoms with E-state index < -0.39 is 23.7 Å². The average Bonchev–Trinajstić information content (AvgIpc) is 2.87. The summed E-state index contributed by atoms with van der Waals surface area (Å²) in [5.74, 6) is 0.0631. The van der Waals surface area contributed by atoms with Crippen molar-refractivity contribution in [3.8, 4) is 17.2 Å². The number of thioether (sulfide) groups is 1. The van der Waals surface area contributed by atoms with E-state index >= 15 is 0 Å². The number of ether oxygens (including phenoxy) is 4. The van der Waals surface area contributed by atoms with Crippen LogP contribution < -0.4 is 14.2 Å². The van der Waals surface area contributed by atoms with E-state index in [2.05, 4.69) is 0 Å². The normalized spacial score (nSPS) is 15.5. The summed E-state index contributed by atoms with van der Waals surface area (Å²) in [7, 11) is 4.45. The molecule has 0 unspecified atom stereocenters. The van der Waals surface area contributed by atoms with E-state index in [1.165, 1.54) is 27.4 Å². The Kier molecular flexibility index (Phi) is 6.73. The number of nitrogens with zero attached hydrogens (tertiary/aromatic N) is 1. The van der Waals surface area contributed by atoms with Crippen molar-refractivity contribution in [1.82, 2.24) is 4.90 Å². The van der Waals surface area contributed by atoms with Crippen LogP contribution in [0.15, 0.2) is 17.0 Å². The Balaban J connectivity index is 2.28. The van der Waals surface area contributed by atoms with Gasteiger partial charge in [-0.15, -0.1) is 0 Å². The molecule has 0 atom stereocenters. The Bertz CT molecular complexity index is 763. The maximum Gasteiger partial charge on any atom is 0.326 e. The van der Waals surface area contributed by atoms with Crippen LogP contribution in [-0.4, -0.2) is 56.0 Å². The lowest BCUT2D eigenvalue weighted by molar-refractivity contribution is -0.149. The molecular weight excluding hydrogens is 374 g/mol. The zero-order chi connectivity index (χ0) is 20.1. The molecular formula is C18H21NO7S. The van der Waals surface area contributed by atoms with E-state index in [4.69, 9.17) is 18.9 Å². The number of carbonyl (C=O) groups is 3. The minimum Gasteiger partial charge on any atom is -0.493 e. The molecule has 1 aliphatic rings. The second-order valence-corrected chi connectivity index (χ2v) is 6.76. The Morgan fingerprint density at radius 2 is 1.70 bits per heavy atom. The van der Waals surface area contributed by atoms with Gasteiger partial charge in [0.1, 0.15) is 6.54 Å². The molecule has 0 aromatic heterocycles. The smallest absolute Gasteiger partial charge is 0.326 e. The van der Waals surface area contributed by atoms with E-state index in [1.54, 1.807) is 26.0 Å². The molecule has 1 aromatic rings. The van der Waals surface area contributed by atoms with Gasteiger partial charge in [0, 0.05) is 0 Å². The molecule has 0 radical (unpaired) electrons. The first-order chi connectivity index (χ1) is 12.8. The number of imide groups is 1. The first-order valence-corrected chi connectivity index (χ1v) is 8.87. The topological polar surface area (TPSA) is 91.4 Å². The second-order valence-electron chi connectivity index (χ2n) is 5.77. The number of carbonyl (C=O) groups excluding carboxylic acids is 3. The molecule has 1 fully saturated rings. The monoisotopic (exact) mass is 395 g/mol. The van der Waals surface area contributed by atoms with Gasteiger partial charge in [0.05, 0.1) is 32.3 Å². The Labute approximate surface area is 161 Å². The zero-order valence-corrected chi connectivity index (χ0v) is 16.5. The van der Waals surface area contributed by atoms with Crippen molar-refractivity contribution in [3.63, 3.8) is 0 Å². The quantitative estimate of drug-likeness (QED) is 0.514. The van der Waals surface area contributed by atoms with Gasteiger partial charge in [-0.25, -0.2) is 0 Å². The van der Waals surface area contributed by atoms with E-state index in [0.717, 1.165) is 16.7 Å². The van der Waals surface area contributed by atoms with Gasteiger partial charge in [-0.2, -0.15) is 0 Å². The van der Waals surface area contributed by atoms with Crippen LogP contribution in [0.4, 0.5) is 4.79 Å². The molecule has 1 saturated heterocycles. The van der Waals surface area contributed by atoms with Crippen LogP contribution >= 0.6 is 11.8 Å². The Morgan fingerprint density at radius 3 is 2.19 bits per heavy atom. The van der Waals surface area contributed by atoms with Gasteiger partial charge in [0.15, 0.2) is 11.5 Å². The lowest BCUT2D eigenvalue weighted by Gasteiger charge is -2.14. The van der Waals surface area contributed by atoms with E-state index in [0.29, 0.717) is 22.8 Å². The molecule has 8 nitrogen and oxygen atoms in total. The maximum atomic E-state index is 12.5. The average molecular weight is 395 g/mol. The lowest BCUT2D eigenvalue weighted by atomic mass is 10.1. The molecule has 1 aromatic carbocycles. The molecule has 0 N–H and O–H groups in total. The van der Waals surface area contributed by atoms with Crippen LogP contribution in [0.25, 0.3) is 6.08 Å². The fourth-order valence-electron chi connectivity index (χ4n) is 2.40. The van der Waals surface area contributed by atoms with Crippen molar-refractivity contribution in [2.75, 3.05) is 27.9 Å². The Hall–Kier alpha value is -2.68. The van der Waals surface area contributed by atoms with Crippen LogP contribution in [0.5, 0.6) is 17.2 Å². The van der Waals surface area contributed by atoms with Crippen LogP contribution in [0.2, 0.25) is 0 Å². The van der Waals surface area contributed by atoms with Crippen molar-refractivity contribution in [1.29, 1.82) is 0 Å². The van der Waals surface area contributed by atoms with Gasteiger partial charge in [-0.05, 0) is 49.4 Å². The largest absolute Gasteiger partial charge is 0.493 e. The molecule has 0 bridgehead atoms. The van der Waals surface area contributed by atoms with Gasteiger partial charge >= 0.3 is 5.97 Å². The molecule has 2 amide bonds. The van der Waals surface area contributed by atoms with Gasteiger partial charge in [-0.1, -0.05) is 0 Å². The highest BCUT2D eigenvalue weighted by Gasteiger charge is 2.36. The van der Waals surface area contributed by atoms with Gasteiger partial charge in [-0.3, -0.25) is 19.3 Å². The summed E-state index contributed by atoms with van der Waals surface area (Å²) in [5.41, 5.74) is 0.583. The third-order valence-corrected chi connectivity index (χ3v) is 4.42. The summed E-state index contributed by atoms with van der Waals surface area (Å²) in [6, 6.07) is 3.31. The summed E-state index contributed by atoms with van der Waals surface area (Å²) in [4.78, 5) is 37.4. The number of benzene rings is 1. The minimum absolute atomic E-state index is 0.187. The maximum absolute atomic E-state index is 12.5. The van der Waals surface area contributed by atoms with Crippen molar-refractivity contribution >= 4 is 35.0 Å². The first-order valence-electron chi connectivity index (χ1n) is 8.05. The van der Waals surface area contributed by atoms with Crippen molar-refractivity contribution in [2.24, 2.45) is 0 Å². The standard InChI is InChI=1S/C18H21NO7S/c1-10(2)26-15(20)9-19-17(21)14(27-18(19)22)8-11-6-12(23-3)16(25-5)13(7-11)24-4/h6-8,10H,9H2,1-5H3/b14-8+. The predicted octanol–water partition coefficient (Wildman–Crippen LogP) is 2.70. The summed E-state index contributed by atoms with van der Waals surface area (Å²) in [5, 5.41) is -0.528. The molecule has 0 saturated carbocycles. The van der Waals surface area contributed by atoms with Crippen molar-refractivity contribution in [2.45, 2.75) is 20.0 Å². The van der Waals surface area contributed by atoms with E-state index in [-0.39, 0.29) is 11.0 Å². The summed E-state index contributed by atoms with van der Waals surface area (Å²) in [6.45, 7) is 2.96. The SMILES string of the molecule is COc1cc(/C=C2/SC(=O)N(CC(=O)OC(C)C)C2=O)cc(OC)c1OC. The number of hydrogen-bond acceptors (Lipinski definition) is 8. The van der Waals surface area contributed by atoms with Crippen molar-refractivity contribution in [3.05, 3.63) is 22.6 Å². The van der Waals surface area contributed by atoms with Crippen LogP contribution in [0.1, 0.15) is 19.4 Å². The van der Waals surface area contributed by atoms with Gasteiger partial charge < -0.3 is 18.9 Å². The van der Waals surface area contributed by atoms with E-state index in [9.17, 15) is 14.4 Å².